The molecule has 0 aromatic heterocycles. The summed E-state index contributed by atoms with van der Waals surface area (Å²) in [6.07, 6.45) is 2.96. The minimum atomic E-state index is -0.150. The van der Waals surface area contributed by atoms with Gasteiger partial charge in [0.1, 0.15) is 0 Å². The Morgan fingerprint density at radius 2 is 2.22 bits per heavy atom. The van der Waals surface area contributed by atoms with Crippen LogP contribution in [0.25, 0.3) is 0 Å². The van der Waals surface area contributed by atoms with Crippen LogP contribution >= 0.6 is 15.9 Å². The molecule has 0 bridgehead atoms. The number of benzene rings is 1. The third kappa shape index (κ3) is 3.16. The highest BCUT2D eigenvalue weighted by atomic mass is 79.9. The zero-order valence-corrected chi connectivity index (χ0v) is 11.8. The van der Waals surface area contributed by atoms with E-state index in [1.165, 1.54) is 0 Å². The van der Waals surface area contributed by atoms with Gasteiger partial charge in [0.2, 0.25) is 12.7 Å². The molecule has 1 unspecified atom stereocenters. The minimum Gasteiger partial charge on any atom is -0.454 e. The number of halogens is 1. The molecule has 1 N–H and O–H groups in total. The van der Waals surface area contributed by atoms with E-state index in [1.807, 2.05) is 6.07 Å². The lowest BCUT2D eigenvalue weighted by atomic mass is 10.2. The predicted molar refractivity (Wildman–Crippen MR) is 73.4 cm³/mol. The number of alkyl halides is 1. The van der Waals surface area contributed by atoms with Crippen molar-refractivity contribution < 1.29 is 14.3 Å². The smallest absolute Gasteiger partial charge is 0.238 e. The summed E-state index contributed by atoms with van der Waals surface area (Å²) < 4.78 is 10.5. The van der Waals surface area contributed by atoms with Gasteiger partial charge in [-0.1, -0.05) is 35.7 Å². The van der Waals surface area contributed by atoms with E-state index >= 15 is 0 Å². The Labute approximate surface area is 115 Å². The van der Waals surface area contributed by atoms with Crippen LogP contribution in [0.5, 0.6) is 11.5 Å². The van der Waals surface area contributed by atoms with Crippen molar-refractivity contribution in [2.75, 3.05) is 12.1 Å². The van der Waals surface area contributed by atoms with Crippen molar-refractivity contribution in [3.8, 4) is 11.5 Å². The Balaban J connectivity index is 1.94. The summed E-state index contributed by atoms with van der Waals surface area (Å²) in [6, 6.07) is 5.39. The van der Waals surface area contributed by atoms with Crippen LogP contribution in [0.3, 0.4) is 0 Å². The van der Waals surface area contributed by atoms with E-state index in [2.05, 4.69) is 28.2 Å². The second-order valence-electron chi connectivity index (χ2n) is 4.17. The number of ether oxygens (including phenoxy) is 2. The number of hydrogen-bond acceptors (Lipinski definition) is 3. The Hall–Kier alpha value is -1.23. The number of nitrogens with one attached hydrogen (secondary N) is 1. The summed E-state index contributed by atoms with van der Waals surface area (Å²) in [4.78, 5) is 11.7. The van der Waals surface area contributed by atoms with Gasteiger partial charge in [-0.3, -0.25) is 4.79 Å². The molecule has 1 aliphatic heterocycles. The van der Waals surface area contributed by atoms with Crippen molar-refractivity contribution in [1.29, 1.82) is 0 Å². The Morgan fingerprint density at radius 3 is 3.00 bits per heavy atom. The van der Waals surface area contributed by atoms with Gasteiger partial charge in [0.25, 0.3) is 0 Å². The lowest BCUT2D eigenvalue weighted by Gasteiger charge is -2.10. The van der Waals surface area contributed by atoms with Crippen LogP contribution in [-0.2, 0) is 4.79 Å². The highest BCUT2D eigenvalue weighted by Gasteiger charge is 2.17. The van der Waals surface area contributed by atoms with Crippen molar-refractivity contribution >= 4 is 27.5 Å². The lowest BCUT2D eigenvalue weighted by Crippen LogP contribution is -2.22. The van der Waals surface area contributed by atoms with Crippen molar-refractivity contribution in [3.05, 3.63) is 18.2 Å². The molecule has 2 rings (SSSR count). The molecule has 1 aromatic carbocycles. The first-order chi connectivity index (χ1) is 8.70. The number of amides is 1. The number of rotatable bonds is 5. The van der Waals surface area contributed by atoms with Crippen LogP contribution in [0.2, 0.25) is 0 Å². The minimum absolute atomic E-state index is 0.0256. The first kappa shape index (κ1) is 13.2. The average Bonchev–Trinajstić information content (AvgIpc) is 2.83. The fraction of sp³-hybridized carbons (Fsp3) is 0.462. The van der Waals surface area contributed by atoms with Gasteiger partial charge >= 0.3 is 0 Å². The zero-order chi connectivity index (χ0) is 13.0. The molecule has 18 heavy (non-hydrogen) atoms. The lowest BCUT2D eigenvalue weighted by molar-refractivity contribution is -0.115. The van der Waals surface area contributed by atoms with Crippen LogP contribution in [-0.4, -0.2) is 17.5 Å². The third-order valence-corrected chi connectivity index (χ3v) is 3.61. The van der Waals surface area contributed by atoms with E-state index < -0.39 is 0 Å². The SMILES string of the molecule is CCCCC(Br)C(=O)Nc1ccc2c(c1)OCO2. The number of carbonyl (C=O) groups excluding carboxylic acids is 1. The Bertz CT molecular complexity index is 436. The van der Waals surface area contributed by atoms with Gasteiger partial charge in [-0.05, 0) is 18.6 Å². The van der Waals surface area contributed by atoms with E-state index in [4.69, 9.17) is 9.47 Å². The molecule has 1 heterocycles. The number of unbranched alkanes of at least 4 members (excludes halogenated alkanes) is 1. The van der Waals surface area contributed by atoms with Crippen molar-refractivity contribution in [2.45, 2.75) is 31.0 Å². The first-order valence-corrected chi connectivity index (χ1v) is 6.97. The van der Waals surface area contributed by atoms with Gasteiger partial charge < -0.3 is 14.8 Å². The summed E-state index contributed by atoms with van der Waals surface area (Å²) in [7, 11) is 0. The van der Waals surface area contributed by atoms with E-state index in [1.54, 1.807) is 12.1 Å². The second-order valence-corrected chi connectivity index (χ2v) is 5.27. The monoisotopic (exact) mass is 313 g/mol. The van der Waals surface area contributed by atoms with Crippen LogP contribution in [0, 0.1) is 0 Å². The standard InChI is InChI=1S/C13H16BrNO3/c1-2-3-4-10(14)13(16)15-9-5-6-11-12(7-9)18-8-17-11/h5-7,10H,2-4,8H2,1H3,(H,15,16). The molecule has 1 amide bonds. The molecular formula is C13H16BrNO3. The van der Waals surface area contributed by atoms with Gasteiger partial charge in [0.05, 0.1) is 4.83 Å². The van der Waals surface area contributed by atoms with Crippen LogP contribution in [0.1, 0.15) is 26.2 Å². The number of anilines is 1. The van der Waals surface area contributed by atoms with Gasteiger partial charge in [-0.2, -0.15) is 0 Å². The molecule has 0 radical (unpaired) electrons. The van der Waals surface area contributed by atoms with E-state index in [0.29, 0.717) is 5.75 Å². The van der Waals surface area contributed by atoms with Gasteiger partial charge in [-0.15, -0.1) is 0 Å². The van der Waals surface area contributed by atoms with Gasteiger partial charge in [0.15, 0.2) is 11.5 Å². The molecule has 0 fully saturated rings. The van der Waals surface area contributed by atoms with E-state index in [-0.39, 0.29) is 17.5 Å². The molecule has 98 valence electrons. The topological polar surface area (TPSA) is 47.6 Å². The average molecular weight is 314 g/mol. The van der Waals surface area contributed by atoms with Crippen LogP contribution in [0.4, 0.5) is 5.69 Å². The predicted octanol–water partition coefficient (Wildman–Crippen LogP) is 3.31. The quantitative estimate of drug-likeness (QED) is 0.848. The van der Waals surface area contributed by atoms with Crippen LogP contribution < -0.4 is 14.8 Å². The molecule has 0 aliphatic carbocycles. The van der Waals surface area contributed by atoms with Crippen molar-refractivity contribution in [3.63, 3.8) is 0 Å². The molecule has 4 nitrogen and oxygen atoms in total. The first-order valence-electron chi connectivity index (χ1n) is 6.05. The highest BCUT2D eigenvalue weighted by Crippen LogP contribution is 2.34. The maximum absolute atomic E-state index is 11.9. The van der Waals surface area contributed by atoms with E-state index in [9.17, 15) is 4.79 Å². The Kier molecular flexibility index (Phi) is 4.47. The fourth-order valence-electron chi connectivity index (χ4n) is 1.71. The largest absolute Gasteiger partial charge is 0.454 e. The van der Waals surface area contributed by atoms with Crippen molar-refractivity contribution in [2.24, 2.45) is 0 Å². The molecule has 1 aliphatic rings. The summed E-state index contributed by atoms with van der Waals surface area (Å²) in [5.41, 5.74) is 0.727. The normalized spacial score (nSPS) is 14.3. The number of carbonyl (C=O) groups is 1. The summed E-state index contributed by atoms with van der Waals surface area (Å²) in [5, 5.41) is 2.86. The maximum Gasteiger partial charge on any atom is 0.238 e. The van der Waals surface area contributed by atoms with Crippen molar-refractivity contribution in [1.82, 2.24) is 0 Å². The molecule has 1 aromatic rings. The molecule has 0 spiro atoms. The number of hydrogen-bond donors (Lipinski definition) is 1. The number of fused-ring (bicyclic) bond motifs is 1. The molecule has 1 atom stereocenters. The second kappa shape index (κ2) is 6.09. The highest BCUT2D eigenvalue weighted by molar-refractivity contribution is 9.10. The maximum atomic E-state index is 11.9. The Morgan fingerprint density at radius 1 is 1.44 bits per heavy atom. The summed E-state index contributed by atoms with van der Waals surface area (Å²) in [5.74, 6) is 1.36. The fourth-order valence-corrected chi connectivity index (χ4v) is 2.15. The van der Waals surface area contributed by atoms with E-state index in [0.717, 1.165) is 30.7 Å². The molecule has 0 saturated heterocycles. The summed E-state index contributed by atoms with van der Waals surface area (Å²) in [6.45, 7) is 2.35. The van der Waals surface area contributed by atoms with Gasteiger partial charge in [0, 0.05) is 11.8 Å². The third-order valence-electron chi connectivity index (χ3n) is 2.74. The van der Waals surface area contributed by atoms with Crippen LogP contribution in [0.15, 0.2) is 18.2 Å². The zero-order valence-electron chi connectivity index (χ0n) is 10.2. The molecular weight excluding hydrogens is 298 g/mol. The molecule has 0 saturated carbocycles. The molecule has 5 heteroatoms. The van der Waals surface area contributed by atoms with Gasteiger partial charge in [-0.25, -0.2) is 0 Å². The summed E-state index contributed by atoms with van der Waals surface area (Å²) >= 11 is 3.40.